The van der Waals surface area contributed by atoms with Crippen LogP contribution in [-0.2, 0) is 12.7 Å². The van der Waals surface area contributed by atoms with Crippen LogP contribution in [-0.4, -0.2) is 42.3 Å². The molecule has 0 aliphatic rings. The third kappa shape index (κ3) is 5.97. The van der Waals surface area contributed by atoms with Crippen LogP contribution < -0.4 is 10.1 Å². The van der Waals surface area contributed by atoms with Crippen LogP contribution in [0.15, 0.2) is 18.2 Å². The number of hydrogen-bond donors (Lipinski definition) is 2. The lowest BCUT2D eigenvalue weighted by Gasteiger charge is -2.19. The van der Waals surface area contributed by atoms with E-state index >= 15 is 0 Å². The second kappa shape index (κ2) is 8.05. The first-order chi connectivity index (χ1) is 10.6. The van der Waals surface area contributed by atoms with Gasteiger partial charge in [-0.15, -0.1) is 0 Å². The number of amides is 2. The summed E-state index contributed by atoms with van der Waals surface area (Å²) in [5.74, 6) is 0.125. The van der Waals surface area contributed by atoms with Gasteiger partial charge in [0, 0.05) is 20.1 Å². The number of nitrogens with zero attached hydrogens (tertiary/aromatic N) is 1. The highest BCUT2D eigenvalue weighted by atomic mass is 19.4. The van der Waals surface area contributed by atoms with E-state index in [1.54, 1.807) is 13.8 Å². The molecule has 1 aromatic carbocycles. The second-order valence-corrected chi connectivity index (χ2v) is 5.29. The van der Waals surface area contributed by atoms with Crippen molar-refractivity contribution in [3.8, 4) is 5.75 Å². The van der Waals surface area contributed by atoms with Crippen molar-refractivity contribution in [3.63, 3.8) is 0 Å². The molecule has 0 spiro atoms. The summed E-state index contributed by atoms with van der Waals surface area (Å²) in [6.45, 7) is 3.04. The number of alkyl halides is 3. The Morgan fingerprint density at radius 1 is 1.39 bits per heavy atom. The van der Waals surface area contributed by atoms with Crippen molar-refractivity contribution < 1.29 is 27.8 Å². The van der Waals surface area contributed by atoms with Crippen LogP contribution in [0.25, 0.3) is 0 Å². The molecular formula is C15H21F3N2O3. The van der Waals surface area contributed by atoms with Crippen LogP contribution in [0.4, 0.5) is 18.0 Å². The Hall–Kier alpha value is -1.96. The van der Waals surface area contributed by atoms with Crippen LogP contribution in [0.3, 0.4) is 0 Å². The topological polar surface area (TPSA) is 61.8 Å². The first-order valence-corrected chi connectivity index (χ1v) is 7.11. The smallest absolute Gasteiger partial charge is 0.416 e. The SMILES string of the molecule is CC(C)Oc1ccc(CNC(=O)N(C)CCO)c(C(F)(F)F)c1. The molecule has 0 heterocycles. The number of urea groups is 1. The normalized spacial score (nSPS) is 11.5. The molecule has 0 bridgehead atoms. The van der Waals surface area contributed by atoms with E-state index in [0.29, 0.717) is 0 Å². The fourth-order valence-electron chi connectivity index (χ4n) is 1.88. The van der Waals surface area contributed by atoms with Gasteiger partial charge in [-0.1, -0.05) is 6.07 Å². The summed E-state index contributed by atoms with van der Waals surface area (Å²) in [4.78, 5) is 12.9. The van der Waals surface area contributed by atoms with Crippen molar-refractivity contribution in [1.29, 1.82) is 0 Å². The zero-order chi connectivity index (χ0) is 17.6. The maximum Gasteiger partial charge on any atom is 0.416 e. The van der Waals surface area contributed by atoms with Gasteiger partial charge in [0.05, 0.1) is 18.3 Å². The Bertz CT molecular complexity index is 533. The van der Waals surface area contributed by atoms with Crippen LogP contribution in [0.2, 0.25) is 0 Å². The summed E-state index contributed by atoms with van der Waals surface area (Å²) in [5, 5.41) is 11.1. The Labute approximate surface area is 133 Å². The molecule has 0 fully saturated rings. The van der Waals surface area contributed by atoms with Gasteiger partial charge in [-0.25, -0.2) is 4.79 Å². The number of hydrogen-bond acceptors (Lipinski definition) is 3. The minimum absolute atomic E-state index is 0.0562. The lowest BCUT2D eigenvalue weighted by Crippen LogP contribution is -2.38. The molecule has 0 saturated heterocycles. The Balaban J connectivity index is 2.91. The largest absolute Gasteiger partial charge is 0.491 e. The highest BCUT2D eigenvalue weighted by molar-refractivity contribution is 5.73. The van der Waals surface area contributed by atoms with Crippen molar-refractivity contribution in [2.45, 2.75) is 32.7 Å². The Morgan fingerprint density at radius 2 is 2.04 bits per heavy atom. The molecular weight excluding hydrogens is 313 g/mol. The molecule has 0 aliphatic carbocycles. The van der Waals surface area contributed by atoms with Crippen LogP contribution in [0.5, 0.6) is 5.75 Å². The second-order valence-electron chi connectivity index (χ2n) is 5.29. The molecule has 0 radical (unpaired) electrons. The van der Waals surface area contributed by atoms with Gasteiger partial charge in [-0.2, -0.15) is 13.2 Å². The third-order valence-corrected chi connectivity index (χ3v) is 2.97. The maximum absolute atomic E-state index is 13.2. The Morgan fingerprint density at radius 3 is 2.57 bits per heavy atom. The number of carbonyl (C=O) groups is 1. The number of nitrogens with one attached hydrogen (secondary N) is 1. The summed E-state index contributed by atoms with van der Waals surface area (Å²) in [6.07, 6.45) is -4.79. The number of rotatable bonds is 6. The van der Waals surface area contributed by atoms with Crippen molar-refractivity contribution in [1.82, 2.24) is 10.2 Å². The lowest BCUT2D eigenvalue weighted by molar-refractivity contribution is -0.138. The molecule has 0 unspecified atom stereocenters. The first kappa shape index (κ1) is 19.1. The lowest BCUT2D eigenvalue weighted by atomic mass is 10.1. The highest BCUT2D eigenvalue weighted by Gasteiger charge is 2.34. The average Bonchev–Trinajstić information content (AvgIpc) is 2.44. The molecule has 0 aliphatic heterocycles. The molecule has 0 aromatic heterocycles. The molecule has 2 amide bonds. The van der Waals surface area contributed by atoms with E-state index in [9.17, 15) is 18.0 Å². The van der Waals surface area contributed by atoms with Gasteiger partial charge in [0.2, 0.25) is 0 Å². The molecule has 23 heavy (non-hydrogen) atoms. The van der Waals surface area contributed by atoms with E-state index in [0.717, 1.165) is 6.07 Å². The van der Waals surface area contributed by atoms with Gasteiger partial charge in [-0.05, 0) is 31.5 Å². The summed E-state index contributed by atoms with van der Waals surface area (Å²) in [5.41, 5.74) is -0.903. The summed E-state index contributed by atoms with van der Waals surface area (Å²) in [7, 11) is 1.44. The zero-order valence-electron chi connectivity index (χ0n) is 13.3. The maximum atomic E-state index is 13.2. The van der Waals surface area contributed by atoms with Crippen molar-refractivity contribution in [3.05, 3.63) is 29.3 Å². The molecule has 1 rings (SSSR count). The quantitative estimate of drug-likeness (QED) is 0.841. The number of aliphatic hydroxyl groups excluding tert-OH is 1. The van der Waals surface area contributed by atoms with Gasteiger partial charge >= 0.3 is 12.2 Å². The predicted molar refractivity (Wildman–Crippen MR) is 79.2 cm³/mol. The number of aliphatic hydroxyl groups is 1. The fourth-order valence-corrected chi connectivity index (χ4v) is 1.88. The number of benzene rings is 1. The van der Waals surface area contributed by atoms with E-state index in [2.05, 4.69) is 5.32 Å². The van der Waals surface area contributed by atoms with Crippen molar-refractivity contribution in [2.75, 3.05) is 20.2 Å². The molecule has 130 valence electrons. The minimum Gasteiger partial charge on any atom is -0.491 e. The minimum atomic E-state index is -4.55. The molecule has 0 atom stereocenters. The van der Waals surface area contributed by atoms with Gasteiger partial charge in [0.1, 0.15) is 5.75 Å². The summed E-state index contributed by atoms with van der Waals surface area (Å²) < 4.78 is 44.8. The van der Waals surface area contributed by atoms with Crippen LogP contribution in [0, 0.1) is 0 Å². The molecule has 5 nitrogen and oxygen atoms in total. The summed E-state index contributed by atoms with van der Waals surface area (Å²) in [6, 6.07) is 3.09. The number of ether oxygens (including phenoxy) is 1. The van der Waals surface area contributed by atoms with Crippen LogP contribution >= 0.6 is 0 Å². The fraction of sp³-hybridized carbons (Fsp3) is 0.533. The standard InChI is InChI=1S/C15H21F3N2O3/c1-10(2)23-12-5-4-11(13(8-12)15(16,17)18)9-19-14(22)20(3)6-7-21/h4-5,8,10,21H,6-7,9H2,1-3H3,(H,19,22). The molecule has 2 N–H and O–H groups in total. The van der Waals surface area contributed by atoms with E-state index in [-0.39, 0.29) is 37.1 Å². The molecule has 1 aromatic rings. The zero-order valence-corrected chi connectivity index (χ0v) is 13.3. The monoisotopic (exact) mass is 334 g/mol. The highest BCUT2D eigenvalue weighted by Crippen LogP contribution is 2.34. The molecule has 0 saturated carbocycles. The van der Waals surface area contributed by atoms with Gasteiger partial charge in [-0.3, -0.25) is 0 Å². The Kier molecular flexibility index (Phi) is 6.68. The van der Waals surface area contributed by atoms with Gasteiger partial charge in [0.25, 0.3) is 0 Å². The summed E-state index contributed by atoms with van der Waals surface area (Å²) >= 11 is 0. The number of halogens is 3. The number of likely N-dealkylation sites (N-methyl/N-ethyl adjacent to an activating group) is 1. The predicted octanol–water partition coefficient (Wildman–Crippen LogP) is 2.63. The average molecular weight is 334 g/mol. The van der Waals surface area contributed by atoms with E-state index in [4.69, 9.17) is 9.84 Å². The third-order valence-electron chi connectivity index (χ3n) is 2.97. The van der Waals surface area contributed by atoms with Gasteiger partial charge < -0.3 is 20.1 Å². The molecule has 8 heteroatoms. The van der Waals surface area contributed by atoms with Crippen molar-refractivity contribution >= 4 is 6.03 Å². The first-order valence-electron chi connectivity index (χ1n) is 7.11. The number of carbonyl (C=O) groups excluding carboxylic acids is 1. The van der Waals surface area contributed by atoms with E-state index in [1.165, 1.54) is 24.1 Å². The van der Waals surface area contributed by atoms with Gasteiger partial charge in [0.15, 0.2) is 0 Å². The van der Waals surface area contributed by atoms with E-state index in [1.807, 2.05) is 0 Å². The van der Waals surface area contributed by atoms with Crippen molar-refractivity contribution in [2.24, 2.45) is 0 Å². The van der Waals surface area contributed by atoms with Crippen LogP contribution in [0.1, 0.15) is 25.0 Å². The van der Waals surface area contributed by atoms with E-state index < -0.39 is 17.8 Å².